The number of alkyl halides is 3. The van der Waals surface area contributed by atoms with Gasteiger partial charge in [0, 0.05) is 12.5 Å². The third-order valence-electron chi connectivity index (χ3n) is 6.19. The molecule has 0 radical (unpaired) electrons. The molecular weight excluding hydrogens is 511 g/mol. The molecule has 198 valence electrons. The lowest BCUT2D eigenvalue weighted by molar-refractivity contribution is -0.138. The van der Waals surface area contributed by atoms with Crippen molar-refractivity contribution in [2.45, 2.75) is 49.8 Å². The second-order valence-electron chi connectivity index (χ2n) is 8.80. The highest BCUT2D eigenvalue weighted by molar-refractivity contribution is 7.87. The van der Waals surface area contributed by atoms with Gasteiger partial charge in [0.05, 0.1) is 25.5 Å². The first-order valence-electron chi connectivity index (χ1n) is 11.7. The highest BCUT2D eigenvalue weighted by atomic mass is 32.2. The minimum atomic E-state index is -4.72. The fourth-order valence-electron chi connectivity index (χ4n) is 4.33. The minimum Gasteiger partial charge on any atom is -0.493 e. The number of hydrogen-bond acceptors (Lipinski definition) is 6. The molecule has 1 aliphatic rings. The number of carbonyl (C=O) groups excluding carboxylic acids is 1. The number of carbonyl (C=O) groups is 1. The van der Waals surface area contributed by atoms with Crippen molar-refractivity contribution >= 4 is 16.0 Å². The minimum absolute atomic E-state index is 0.0243. The molecule has 1 aromatic heterocycles. The summed E-state index contributed by atoms with van der Waals surface area (Å²) in [4.78, 5) is 14.2. The van der Waals surface area contributed by atoms with Crippen molar-refractivity contribution in [3.05, 3.63) is 77.7 Å². The molecule has 1 fully saturated rings. The number of ether oxygens (including phenoxy) is 1. The van der Waals surface area contributed by atoms with Gasteiger partial charge in [0.15, 0.2) is 11.5 Å². The Morgan fingerprint density at radius 3 is 2.43 bits per heavy atom. The zero-order chi connectivity index (χ0) is 26.6. The predicted octanol–water partition coefficient (Wildman–Crippen LogP) is 5.79. The van der Waals surface area contributed by atoms with E-state index in [0.717, 1.165) is 43.9 Å². The van der Waals surface area contributed by atoms with Crippen LogP contribution in [0.3, 0.4) is 0 Å². The van der Waals surface area contributed by atoms with Gasteiger partial charge in [0.25, 0.3) is 0 Å². The smallest absolute Gasteiger partial charge is 0.416 e. The summed E-state index contributed by atoms with van der Waals surface area (Å²) >= 11 is 0. The Bertz CT molecular complexity index is 1330. The van der Waals surface area contributed by atoms with Gasteiger partial charge in [-0.1, -0.05) is 25.0 Å². The van der Waals surface area contributed by atoms with Gasteiger partial charge >= 0.3 is 16.3 Å². The third-order valence-corrected chi connectivity index (χ3v) is 7.42. The maximum absolute atomic E-state index is 13.3. The lowest BCUT2D eigenvalue weighted by Gasteiger charge is -2.25. The molecule has 0 N–H and O–H groups in total. The van der Waals surface area contributed by atoms with Crippen LogP contribution in [0.15, 0.2) is 70.2 Å². The molecule has 1 saturated carbocycles. The Kier molecular flexibility index (Phi) is 7.82. The van der Waals surface area contributed by atoms with Crippen molar-refractivity contribution < 1.29 is 39.7 Å². The average Bonchev–Trinajstić information content (AvgIpc) is 3.57. The Morgan fingerprint density at radius 1 is 1.03 bits per heavy atom. The first-order valence-corrected chi connectivity index (χ1v) is 13.1. The van der Waals surface area contributed by atoms with Gasteiger partial charge in [-0.15, -0.1) is 0 Å². The van der Waals surface area contributed by atoms with Gasteiger partial charge in [-0.05, 0) is 60.9 Å². The number of methoxy groups -OCH3 is 1. The van der Waals surface area contributed by atoms with Crippen LogP contribution in [0.1, 0.15) is 42.6 Å². The number of benzene rings is 2. The van der Waals surface area contributed by atoms with E-state index >= 15 is 0 Å². The highest BCUT2D eigenvalue weighted by Gasteiger charge is 2.32. The normalized spacial score (nSPS) is 14.5. The fraction of sp³-hybridized carbons (Fsp3) is 0.346. The molecule has 1 aliphatic carbocycles. The monoisotopic (exact) mass is 537 g/mol. The predicted molar refractivity (Wildman–Crippen MR) is 127 cm³/mol. The highest BCUT2D eigenvalue weighted by Crippen LogP contribution is 2.34. The third kappa shape index (κ3) is 6.46. The van der Waals surface area contributed by atoms with Crippen LogP contribution in [0.4, 0.5) is 13.2 Å². The van der Waals surface area contributed by atoms with E-state index in [1.807, 2.05) is 0 Å². The SMILES string of the molecule is COc1ccc(CN(Cc2ccco2)C(=O)C2CCCC2)cc1OS(=O)(=O)c1cccc(C(F)(F)F)c1. The summed E-state index contributed by atoms with van der Waals surface area (Å²) in [7, 11) is -3.31. The number of furan rings is 1. The number of amides is 1. The second kappa shape index (κ2) is 10.9. The quantitative estimate of drug-likeness (QED) is 0.321. The lowest BCUT2D eigenvalue weighted by Crippen LogP contribution is -2.34. The molecule has 0 spiro atoms. The van der Waals surface area contributed by atoms with E-state index < -0.39 is 26.8 Å². The molecule has 4 rings (SSSR count). The van der Waals surface area contributed by atoms with E-state index in [1.165, 1.54) is 25.5 Å². The Balaban J connectivity index is 1.61. The maximum atomic E-state index is 13.3. The standard InChI is InChI=1S/C26H26F3NO6S/c1-34-23-12-11-18(16-30(17-21-9-5-13-35-21)25(31)19-6-2-3-7-19)14-24(23)36-37(32,33)22-10-4-8-20(15-22)26(27,28)29/h4-5,8-15,19H,2-3,6-7,16-17H2,1H3. The maximum Gasteiger partial charge on any atom is 0.416 e. The molecule has 0 atom stereocenters. The number of rotatable bonds is 9. The lowest BCUT2D eigenvalue weighted by atomic mass is 10.1. The van der Waals surface area contributed by atoms with Gasteiger partial charge in [-0.2, -0.15) is 21.6 Å². The van der Waals surface area contributed by atoms with E-state index in [1.54, 1.807) is 23.1 Å². The van der Waals surface area contributed by atoms with Crippen molar-refractivity contribution in [1.82, 2.24) is 4.90 Å². The van der Waals surface area contributed by atoms with Crippen LogP contribution in [0.25, 0.3) is 0 Å². The van der Waals surface area contributed by atoms with E-state index in [0.29, 0.717) is 17.4 Å². The van der Waals surface area contributed by atoms with Crippen molar-refractivity contribution in [2.24, 2.45) is 5.92 Å². The van der Waals surface area contributed by atoms with Crippen LogP contribution in [-0.4, -0.2) is 26.3 Å². The Labute approximate surface area is 212 Å². The zero-order valence-electron chi connectivity index (χ0n) is 20.0. The van der Waals surface area contributed by atoms with Crippen LogP contribution in [-0.2, 0) is 34.2 Å². The molecule has 37 heavy (non-hydrogen) atoms. The summed E-state index contributed by atoms with van der Waals surface area (Å²) in [6, 6.07) is 11.3. The van der Waals surface area contributed by atoms with Crippen LogP contribution < -0.4 is 8.92 Å². The summed E-state index contributed by atoms with van der Waals surface area (Å²) in [5.41, 5.74) is -0.565. The molecule has 0 bridgehead atoms. The molecular formula is C26H26F3NO6S. The first kappa shape index (κ1) is 26.6. The van der Waals surface area contributed by atoms with E-state index in [-0.39, 0.29) is 36.4 Å². The molecule has 11 heteroatoms. The van der Waals surface area contributed by atoms with Crippen molar-refractivity contribution in [3.8, 4) is 11.5 Å². The van der Waals surface area contributed by atoms with E-state index in [9.17, 15) is 26.4 Å². The van der Waals surface area contributed by atoms with Gasteiger partial charge in [-0.25, -0.2) is 0 Å². The van der Waals surface area contributed by atoms with Crippen LogP contribution in [0.2, 0.25) is 0 Å². The van der Waals surface area contributed by atoms with Gasteiger partial charge in [-0.3, -0.25) is 4.79 Å². The molecule has 2 aromatic carbocycles. The largest absolute Gasteiger partial charge is 0.493 e. The Hall–Kier alpha value is -3.47. The molecule has 1 heterocycles. The molecule has 0 saturated heterocycles. The second-order valence-corrected chi connectivity index (χ2v) is 10.3. The van der Waals surface area contributed by atoms with Gasteiger partial charge in [0.1, 0.15) is 10.7 Å². The van der Waals surface area contributed by atoms with Gasteiger partial charge in [0.2, 0.25) is 5.91 Å². The summed E-state index contributed by atoms with van der Waals surface area (Å²) in [6.07, 6.45) is 0.384. The van der Waals surface area contributed by atoms with E-state index in [4.69, 9.17) is 13.3 Å². The number of halogens is 3. The van der Waals surface area contributed by atoms with Crippen LogP contribution >= 0.6 is 0 Å². The Morgan fingerprint density at radius 2 is 1.78 bits per heavy atom. The van der Waals surface area contributed by atoms with Gasteiger partial charge < -0.3 is 18.2 Å². The molecule has 7 nitrogen and oxygen atoms in total. The van der Waals surface area contributed by atoms with Crippen molar-refractivity contribution in [1.29, 1.82) is 0 Å². The van der Waals surface area contributed by atoms with Crippen LogP contribution in [0, 0.1) is 5.92 Å². The zero-order valence-corrected chi connectivity index (χ0v) is 20.8. The van der Waals surface area contributed by atoms with Crippen molar-refractivity contribution in [3.63, 3.8) is 0 Å². The number of hydrogen-bond donors (Lipinski definition) is 0. The molecule has 3 aromatic rings. The van der Waals surface area contributed by atoms with Crippen LogP contribution in [0.5, 0.6) is 11.5 Å². The molecule has 1 amide bonds. The summed E-state index contributed by atoms with van der Waals surface area (Å²) in [6.45, 7) is 0.368. The summed E-state index contributed by atoms with van der Waals surface area (Å²) in [5, 5.41) is 0. The molecule has 0 aliphatic heterocycles. The fourth-order valence-corrected chi connectivity index (χ4v) is 5.31. The summed E-state index contributed by atoms with van der Waals surface area (Å²) < 4.78 is 80.9. The average molecular weight is 538 g/mol. The van der Waals surface area contributed by atoms with E-state index in [2.05, 4.69) is 0 Å². The molecule has 0 unspecified atom stereocenters. The topological polar surface area (TPSA) is 86.0 Å². The number of nitrogens with zero attached hydrogens (tertiary/aromatic N) is 1. The summed E-state index contributed by atoms with van der Waals surface area (Å²) in [5.74, 6) is 0.347. The van der Waals surface area contributed by atoms with Crippen molar-refractivity contribution in [2.75, 3.05) is 7.11 Å². The first-order chi connectivity index (χ1) is 17.6.